The van der Waals surface area contributed by atoms with Crippen molar-refractivity contribution in [2.75, 3.05) is 39.5 Å². The van der Waals surface area contributed by atoms with E-state index in [0.29, 0.717) is 6.61 Å². The van der Waals surface area contributed by atoms with Gasteiger partial charge >= 0.3 is 0 Å². The third-order valence-corrected chi connectivity index (χ3v) is 3.32. The fraction of sp³-hybridized carbons (Fsp3) is 0.500. The Morgan fingerprint density at radius 1 is 1.16 bits per heavy atom. The van der Waals surface area contributed by atoms with Crippen LogP contribution in [0.25, 0.3) is 0 Å². The lowest BCUT2D eigenvalue weighted by atomic mass is 10.1. The van der Waals surface area contributed by atoms with Gasteiger partial charge in [0.15, 0.2) is 0 Å². The van der Waals surface area contributed by atoms with E-state index in [-0.39, 0.29) is 0 Å². The summed E-state index contributed by atoms with van der Waals surface area (Å²) in [6.45, 7) is 9.04. The van der Waals surface area contributed by atoms with Gasteiger partial charge in [-0.05, 0) is 37.1 Å². The molecule has 0 aliphatic carbocycles. The zero-order chi connectivity index (χ0) is 13.5. The van der Waals surface area contributed by atoms with Crippen LogP contribution in [0.15, 0.2) is 18.2 Å². The molecule has 3 heteroatoms. The summed E-state index contributed by atoms with van der Waals surface area (Å²) in [6.07, 6.45) is 0. The van der Waals surface area contributed by atoms with Gasteiger partial charge in [-0.2, -0.15) is 0 Å². The largest absolute Gasteiger partial charge is 0.481 e. The topological polar surface area (TPSA) is 21.7 Å². The normalized spacial score (nSPS) is 15.7. The van der Waals surface area contributed by atoms with Crippen LogP contribution in [0.4, 0.5) is 0 Å². The molecule has 1 aliphatic heterocycles. The first-order chi connectivity index (χ1) is 9.25. The number of hydrogen-bond acceptors (Lipinski definition) is 3. The Kier molecular flexibility index (Phi) is 5.26. The molecule has 19 heavy (non-hydrogen) atoms. The predicted molar refractivity (Wildman–Crippen MR) is 76.4 cm³/mol. The molecular formula is C16H21NO2. The fourth-order valence-electron chi connectivity index (χ4n) is 1.90. The van der Waals surface area contributed by atoms with Crippen LogP contribution < -0.4 is 4.74 Å². The Hall–Kier alpha value is -1.50. The minimum Gasteiger partial charge on any atom is -0.481 e. The van der Waals surface area contributed by atoms with Crippen LogP contribution in [-0.4, -0.2) is 44.4 Å². The van der Waals surface area contributed by atoms with Crippen LogP contribution in [0.3, 0.4) is 0 Å². The van der Waals surface area contributed by atoms with Gasteiger partial charge < -0.3 is 9.47 Å². The summed E-state index contributed by atoms with van der Waals surface area (Å²) in [5.41, 5.74) is 2.53. The molecule has 0 radical (unpaired) electrons. The number of morpholine rings is 1. The number of benzene rings is 1. The van der Waals surface area contributed by atoms with E-state index in [0.717, 1.165) is 38.6 Å². The smallest absolute Gasteiger partial charge is 0.149 e. The number of ether oxygens (including phenoxy) is 2. The molecule has 102 valence electrons. The van der Waals surface area contributed by atoms with Crippen molar-refractivity contribution in [2.45, 2.75) is 13.8 Å². The van der Waals surface area contributed by atoms with E-state index in [1.165, 1.54) is 11.1 Å². The van der Waals surface area contributed by atoms with Gasteiger partial charge in [0, 0.05) is 13.1 Å². The second-order valence-corrected chi connectivity index (χ2v) is 4.78. The van der Waals surface area contributed by atoms with Gasteiger partial charge in [-0.1, -0.05) is 17.9 Å². The molecule has 1 aromatic rings. The first-order valence-electron chi connectivity index (χ1n) is 6.71. The molecule has 0 spiro atoms. The Balaban J connectivity index is 1.72. The second-order valence-electron chi connectivity index (χ2n) is 4.78. The third-order valence-electron chi connectivity index (χ3n) is 3.32. The summed E-state index contributed by atoms with van der Waals surface area (Å²) >= 11 is 0. The van der Waals surface area contributed by atoms with Crippen molar-refractivity contribution in [3.05, 3.63) is 29.3 Å². The van der Waals surface area contributed by atoms with Crippen LogP contribution in [0, 0.1) is 25.7 Å². The van der Waals surface area contributed by atoms with Crippen LogP contribution in [0.1, 0.15) is 11.1 Å². The SMILES string of the molecule is Cc1ccc(OCC#CCN2CCOCC2)cc1C. The lowest BCUT2D eigenvalue weighted by Crippen LogP contribution is -2.36. The molecule has 0 aromatic heterocycles. The highest BCUT2D eigenvalue weighted by Gasteiger charge is 2.07. The van der Waals surface area contributed by atoms with Crippen LogP contribution in [-0.2, 0) is 4.74 Å². The summed E-state index contributed by atoms with van der Waals surface area (Å²) in [5, 5.41) is 0. The molecule has 0 N–H and O–H groups in total. The Bertz CT molecular complexity index is 467. The molecule has 3 nitrogen and oxygen atoms in total. The fourth-order valence-corrected chi connectivity index (χ4v) is 1.90. The average molecular weight is 259 g/mol. The summed E-state index contributed by atoms with van der Waals surface area (Å²) in [6, 6.07) is 6.12. The van der Waals surface area contributed by atoms with E-state index in [4.69, 9.17) is 9.47 Å². The van der Waals surface area contributed by atoms with Crippen molar-refractivity contribution in [1.29, 1.82) is 0 Å². The number of aryl methyl sites for hydroxylation is 2. The van der Waals surface area contributed by atoms with Gasteiger partial charge in [0.25, 0.3) is 0 Å². The molecule has 1 saturated heterocycles. The lowest BCUT2D eigenvalue weighted by molar-refractivity contribution is 0.0443. The maximum Gasteiger partial charge on any atom is 0.149 e. The van der Waals surface area contributed by atoms with E-state index < -0.39 is 0 Å². The third kappa shape index (κ3) is 4.59. The number of nitrogens with zero attached hydrogens (tertiary/aromatic N) is 1. The Morgan fingerprint density at radius 2 is 1.95 bits per heavy atom. The van der Waals surface area contributed by atoms with Gasteiger partial charge in [-0.25, -0.2) is 0 Å². The lowest BCUT2D eigenvalue weighted by Gasteiger charge is -2.24. The molecule has 1 fully saturated rings. The van der Waals surface area contributed by atoms with Crippen LogP contribution >= 0.6 is 0 Å². The molecule has 0 atom stereocenters. The highest BCUT2D eigenvalue weighted by molar-refractivity contribution is 5.34. The van der Waals surface area contributed by atoms with E-state index in [9.17, 15) is 0 Å². The Labute approximate surface area is 115 Å². The first kappa shape index (κ1) is 13.9. The van der Waals surface area contributed by atoms with E-state index in [1.54, 1.807) is 0 Å². The molecule has 0 amide bonds. The van der Waals surface area contributed by atoms with Crippen LogP contribution in [0.5, 0.6) is 5.75 Å². The summed E-state index contributed by atoms with van der Waals surface area (Å²) in [5.74, 6) is 7.10. The molecule has 1 heterocycles. The Morgan fingerprint density at radius 3 is 2.68 bits per heavy atom. The molecule has 0 bridgehead atoms. The van der Waals surface area contributed by atoms with Gasteiger partial charge in [0.05, 0.1) is 19.8 Å². The number of hydrogen-bond donors (Lipinski definition) is 0. The van der Waals surface area contributed by atoms with Crippen molar-refractivity contribution in [1.82, 2.24) is 4.90 Å². The quantitative estimate of drug-likeness (QED) is 0.775. The zero-order valence-corrected chi connectivity index (χ0v) is 11.7. The first-order valence-corrected chi connectivity index (χ1v) is 6.71. The van der Waals surface area contributed by atoms with E-state index in [1.807, 2.05) is 6.07 Å². The predicted octanol–water partition coefficient (Wildman–Crippen LogP) is 2.02. The van der Waals surface area contributed by atoms with Crippen molar-refractivity contribution >= 4 is 0 Å². The monoisotopic (exact) mass is 259 g/mol. The zero-order valence-electron chi connectivity index (χ0n) is 11.7. The maximum absolute atomic E-state index is 5.61. The van der Waals surface area contributed by atoms with Gasteiger partial charge in [0.1, 0.15) is 12.4 Å². The molecule has 2 rings (SSSR count). The van der Waals surface area contributed by atoms with Gasteiger partial charge in [0.2, 0.25) is 0 Å². The molecule has 0 unspecified atom stereocenters. The molecule has 1 aliphatic rings. The van der Waals surface area contributed by atoms with Crippen molar-refractivity contribution in [3.63, 3.8) is 0 Å². The van der Waals surface area contributed by atoms with Crippen LogP contribution in [0.2, 0.25) is 0 Å². The van der Waals surface area contributed by atoms with E-state index in [2.05, 4.69) is 42.7 Å². The average Bonchev–Trinajstić information content (AvgIpc) is 2.43. The highest BCUT2D eigenvalue weighted by Crippen LogP contribution is 2.15. The summed E-state index contributed by atoms with van der Waals surface area (Å²) in [7, 11) is 0. The maximum atomic E-state index is 5.61. The standard InChI is InChI=1S/C16H21NO2/c1-14-5-6-16(13-15(14)2)19-10-4-3-7-17-8-11-18-12-9-17/h5-6,13H,7-12H2,1-2H3. The second kappa shape index (κ2) is 7.18. The van der Waals surface area contributed by atoms with Crippen molar-refractivity contribution in [3.8, 4) is 17.6 Å². The van der Waals surface area contributed by atoms with Gasteiger partial charge in [-0.3, -0.25) is 4.90 Å². The minimum atomic E-state index is 0.451. The molecular weight excluding hydrogens is 238 g/mol. The number of rotatable bonds is 3. The summed E-state index contributed by atoms with van der Waals surface area (Å²) < 4.78 is 10.9. The molecule has 1 aromatic carbocycles. The molecule has 0 saturated carbocycles. The highest BCUT2D eigenvalue weighted by atomic mass is 16.5. The van der Waals surface area contributed by atoms with Gasteiger partial charge in [-0.15, -0.1) is 0 Å². The van der Waals surface area contributed by atoms with E-state index >= 15 is 0 Å². The summed E-state index contributed by atoms with van der Waals surface area (Å²) in [4.78, 5) is 2.30. The van der Waals surface area contributed by atoms with Crippen molar-refractivity contribution < 1.29 is 9.47 Å². The minimum absolute atomic E-state index is 0.451. The van der Waals surface area contributed by atoms with Crippen molar-refractivity contribution in [2.24, 2.45) is 0 Å².